The molecule has 2 nitrogen and oxygen atoms in total. The zero-order valence-electron chi connectivity index (χ0n) is 36.5. The molecule has 0 atom stereocenters. The molecule has 9 aromatic carbocycles. The predicted octanol–water partition coefficient (Wildman–Crippen LogP) is 17.3. The van der Waals surface area contributed by atoms with E-state index >= 15 is 0 Å². The smallest absolute Gasteiger partial charge is 0.143 e. The van der Waals surface area contributed by atoms with Crippen LogP contribution in [0.3, 0.4) is 0 Å². The molecule has 10 aromatic rings. The van der Waals surface area contributed by atoms with E-state index in [1.807, 2.05) is 12.1 Å². The number of anilines is 3. The Labute approximate surface area is 370 Å². The quantitative estimate of drug-likeness (QED) is 0.159. The maximum Gasteiger partial charge on any atom is 0.143 e. The molecule has 0 bridgehead atoms. The SMILES string of the molecule is CC(C)(C)c1ccc(-c2ccc3c(c2)C(C)(C)c2ccc(-c4ccccc4N(c4ccc(-c5ccccc5)cc4)c4ccc(-c5cccc6c5oc5ccccc56)cc4)cc2-3)cc1. The third-order valence-electron chi connectivity index (χ3n) is 13.3. The zero-order valence-corrected chi connectivity index (χ0v) is 36.5. The minimum Gasteiger partial charge on any atom is -0.455 e. The maximum atomic E-state index is 6.46. The molecule has 0 amide bonds. The van der Waals surface area contributed by atoms with Gasteiger partial charge in [0.05, 0.1) is 5.69 Å². The van der Waals surface area contributed by atoms with E-state index in [1.54, 1.807) is 0 Å². The number of hydrogen-bond donors (Lipinski definition) is 0. The second kappa shape index (κ2) is 14.9. The minimum absolute atomic E-state index is 0.123. The molecular weight excluding hydrogens is 763 g/mol. The zero-order chi connectivity index (χ0) is 42.9. The molecule has 11 rings (SSSR count). The van der Waals surface area contributed by atoms with Crippen molar-refractivity contribution in [2.75, 3.05) is 4.90 Å². The van der Waals surface area contributed by atoms with Gasteiger partial charge in [0.25, 0.3) is 0 Å². The van der Waals surface area contributed by atoms with E-state index in [9.17, 15) is 0 Å². The van der Waals surface area contributed by atoms with Crippen molar-refractivity contribution in [3.8, 4) is 55.6 Å². The largest absolute Gasteiger partial charge is 0.455 e. The molecule has 63 heavy (non-hydrogen) atoms. The molecule has 0 fully saturated rings. The number of rotatable bonds is 7. The highest BCUT2D eigenvalue weighted by atomic mass is 16.3. The van der Waals surface area contributed by atoms with Gasteiger partial charge in [-0.15, -0.1) is 0 Å². The van der Waals surface area contributed by atoms with Crippen LogP contribution in [0.15, 0.2) is 211 Å². The molecule has 0 saturated carbocycles. The van der Waals surface area contributed by atoms with Gasteiger partial charge in [0, 0.05) is 38.7 Å². The van der Waals surface area contributed by atoms with Crippen molar-refractivity contribution in [1.29, 1.82) is 0 Å². The van der Waals surface area contributed by atoms with Gasteiger partial charge in [-0.2, -0.15) is 0 Å². The van der Waals surface area contributed by atoms with Gasteiger partial charge in [0.15, 0.2) is 0 Å². The average molecular weight is 812 g/mol. The standard InChI is InChI=1S/C61H49NO/c1-60(2,3)46-30-22-42(23-31-46)44-28-36-51-54-38-45(29-37-55(54)61(4,5)56(51)39-44)49-16-9-11-20-57(49)62(47-32-24-41(25-33-47)40-14-7-6-8-15-40)48-34-26-43(27-35-48)50-18-13-19-53-52-17-10-12-21-58(52)63-59(50)53/h6-39H,1-5H3. The highest BCUT2D eigenvalue weighted by Gasteiger charge is 2.36. The summed E-state index contributed by atoms with van der Waals surface area (Å²) in [6.07, 6.45) is 0. The van der Waals surface area contributed by atoms with E-state index < -0.39 is 0 Å². The number of para-hydroxylation sites is 3. The summed E-state index contributed by atoms with van der Waals surface area (Å²) in [6.45, 7) is 11.6. The molecule has 304 valence electrons. The number of benzene rings is 9. The molecule has 0 N–H and O–H groups in total. The fourth-order valence-electron chi connectivity index (χ4n) is 9.80. The van der Waals surface area contributed by atoms with Crippen LogP contribution in [0.25, 0.3) is 77.6 Å². The van der Waals surface area contributed by atoms with Gasteiger partial charge in [0.2, 0.25) is 0 Å². The molecule has 1 heterocycles. The van der Waals surface area contributed by atoms with E-state index in [0.29, 0.717) is 0 Å². The summed E-state index contributed by atoms with van der Waals surface area (Å²) >= 11 is 0. The Hall–Kier alpha value is -7.42. The summed E-state index contributed by atoms with van der Waals surface area (Å²) in [4.78, 5) is 2.40. The van der Waals surface area contributed by atoms with E-state index in [4.69, 9.17) is 4.42 Å². The lowest BCUT2D eigenvalue weighted by Gasteiger charge is -2.28. The molecule has 0 spiro atoms. The predicted molar refractivity (Wildman–Crippen MR) is 266 cm³/mol. The van der Waals surface area contributed by atoms with Gasteiger partial charge in [-0.1, -0.05) is 192 Å². The Balaban J connectivity index is 1.00. The molecule has 0 radical (unpaired) electrons. The van der Waals surface area contributed by atoms with Gasteiger partial charge in [0.1, 0.15) is 11.2 Å². The lowest BCUT2D eigenvalue weighted by molar-refractivity contribution is 0.590. The molecule has 0 saturated heterocycles. The fourth-order valence-corrected chi connectivity index (χ4v) is 9.80. The van der Waals surface area contributed by atoms with E-state index in [2.05, 4.69) is 234 Å². The highest BCUT2D eigenvalue weighted by molar-refractivity contribution is 6.09. The Morgan fingerprint density at radius 3 is 1.71 bits per heavy atom. The fraction of sp³-hybridized carbons (Fsp3) is 0.115. The average Bonchev–Trinajstić information content (AvgIpc) is 3.81. The summed E-state index contributed by atoms with van der Waals surface area (Å²) < 4.78 is 6.46. The first-order chi connectivity index (χ1) is 30.6. The topological polar surface area (TPSA) is 16.4 Å². The third-order valence-corrected chi connectivity index (χ3v) is 13.3. The summed E-state index contributed by atoms with van der Waals surface area (Å²) in [5.74, 6) is 0. The second-order valence-electron chi connectivity index (χ2n) is 18.6. The first kappa shape index (κ1) is 38.5. The van der Waals surface area contributed by atoms with Crippen LogP contribution in [0.2, 0.25) is 0 Å². The molecule has 1 aliphatic rings. The van der Waals surface area contributed by atoms with Gasteiger partial charge in [-0.05, 0) is 115 Å². The first-order valence-electron chi connectivity index (χ1n) is 22.1. The Morgan fingerprint density at radius 2 is 0.968 bits per heavy atom. The summed E-state index contributed by atoms with van der Waals surface area (Å²) in [5, 5.41) is 2.27. The lowest BCUT2D eigenvalue weighted by Crippen LogP contribution is -2.15. The van der Waals surface area contributed by atoms with Crippen LogP contribution < -0.4 is 4.90 Å². The van der Waals surface area contributed by atoms with Crippen molar-refractivity contribution in [1.82, 2.24) is 0 Å². The summed E-state index contributed by atoms with van der Waals surface area (Å²) in [7, 11) is 0. The number of hydrogen-bond acceptors (Lipinski definition) is 2. The van der Waals surface area contributed by atoms with Crippen molar-refractivity contribution in [2.24, 2.45) is 0 Å². The molecule has 1 aliphatic carbocycles. The lowest BCUT2D eigenvalue weighted by atomic mass is 9.81. The first-order valence-corrected chi connectivity index (χ1v) is 22.1. The summed E-state index contributed by atoms with van der Waals surface area (Å²) in [6, 6.07) is 75.4. The second-order valence-corrected chi connectivity index (χ2v) is 18.6. The molecule has 2 heteroatoms. The number of furan rings is 1. The minimum atomic E-state index is -0.134. The molecule has 0 aliphatic heterocycles. The van der Waals surface area contributed by atoms with Crippen LogP contribution in [0.4, 0.5) is 17.1 Å². The van der Waals surface area contributed by atoms with E-state index in [-0.39, 0.29) is 10.8 Å². The van der Waals surface area contributed by atoms with E-state index in [0.717, 1.165) is 50.1 Å². The van der Waals surface area contributed by atoms with Crippen LogP contribution >= 0.6 is 0 Å². The monoisotopic (exact) mass is 811 g/mol. The van der Waals surface area contributed by atoms with Gasteiger partial charge in [-0.3, -0.25) is 0 Å². The molecule has 1 aromatic heterocycles. The van der Waals surface area contributed by atoms with E-state index in [1.165, 1.54) is 61.2 Å². The Morgan fingerprint density at radius 1 is 0.397 bits per heavy atom. The van der Waals surface area contributed by atoms with Crippen LogP contribution in [-0.2, 0) is 10.8 Å². The van der Waals surface area contributed by atoms with Gasteiger partial charge >= 0.3 is 0 Å². The maximum absolute atomic E-state index is 6.46. The van der Waals surface area contributed by atoms with Crippen LogP contribution in [0.5, 0.6) is 0 Å². The van der Waals surface area contributed by atoms with Crippen molar-refractivity contribution in [3.63, 3.8) is 0 Å². The Bertz CT molecular complexity index is 3310. The van der Waals surface area contributed by atoms with Gasteiger partial charge < -0.3 is 9.32 Å². The molecular formula is C61H49NO. The van der Waals surface area contributed by atoms with Crippen molar-refractivity contribution in [2.45, 2.75) is 45.4 Å². The highest BCUT2D eigenvalue weighted by Crippen LogP contribution is 2.52. The molecule has 0 unspecified atom stereocenters. The van der Waals surface area contributed by atoms with Gasteiger partial charge in [-0.25, -0.2) is 0 Å². The summed E-state index contributed by atoms with van der Waals surface area (Å²) in [5.41, 5.74) is 21.3. The van der Waals surface area contributed by atoms with Crippen molar-refractivity contribution >= 4 is 39.0 Å². The number of fused-ring (bicyclic) bond motifs is 6. The van der Waals surface area contributed by atoms with Crippen LogP contribution in [-0.4, -0.2) is 0 Å². The third kappa shape index (κ3) is 6.65. The van der Waals surface area contributed by atoms with Crippen LogP contribution in [0.1, 0.15) is 51.3 Å². The van der Waals surface area contributed by atoms with Crippen molar-refractivity contribution in [3.05, 3.63) is 223 Å². The van der Waals surface area contributed by atoms with Crippen molar-refractivity contribution < 1.29 is 4.42 Å². The van der Waals surface area contributed by atoms with Crippen LogP contribution in [0, 0.1) is 0 Å². The Kier molecular flexibility index (Phi) is 9.10. The number of nitrogens with zero attached hydrogens (tertiary/aromatic N) is 1. The normalized spacial score (nSPS) is 13.0.